The lowest BCUT2D eigenvalue weighted by atomic mass is 10.1. The number of alkyl halides is 3. The third kappa shape index (κ3) is 5.12. The predicted molar refractivity (Wildman–Crippen MR) is 110 cm³/mol. The van der Waals surface area contributed by atoms with Crippen LogP contribution in [-0.2, 0) is 11.3 Å². The summed E-state index contributed by atoms with van der Waals surface area (Å²) in [5.41, 5.74) is 1.35. The lowest BCUT2D eigenvalue weighted by Crippen LogP contribution is -2.30. The molecule has 1 fully saturated rings. The van der Waals surface area contributed by atoms with Gasteiger partial charge in [0.1, 0.15) is 28.4 Å². The van der Waals surface area contributed by atoms with Gasteiger partial charge in [0.2, 0.25) is 5.91 Å². The first-order valence-electron chi connectivity index (χ1n) is 9.27. The molecule has 10 heteroatoms. The Kier molecular flexibility index (Phi) is 6.78. The first-order chi connectivity index (χ1) is 14.7. The van der Waals surface area contributed by atoms with Crippen LogP contribution in [0.5, 0.6) is 23.0 Å². The molecule has 1 aliphatic rings. The molecule has 6 nitrogen and oxygen atoms in total. The van der Waals surface area contributed by atoms with E-state index in [0.717, 1.165) is 0 Å². The molecule has 168 valence electrons. The summed E-state index contributed by atoms with van der Waals surface area (Å²) in [5.74, 6) is 1.16. The number of carbonyl (C=O) groups excluding carboxylic acids is 1. The van der Waals surface area contributed by atoms with E-state index in [-0.39, 0.29) is 23.5 Å². The number of hydrogen-bond donors (Lipinski definition) is 0. The summed E-state index contributed by atoms with van der Waals surface area (Å²) in [6.07, 6.45) is -4.76. The molecule has 3 rings (SSSR count). The maximum Gasteiger partial charge on any atom is 0.573 e. The van der Waals surface area contributed by atoms with Crippen molar-refractivity contribution < 1.29 is 36.9 Å². The third-order valence-electron chi connectivity index (χ3n) is 4.76. The number of ether oxygens (including phenoxy) is 4. The second-order valence-corrected chi connectivity index (χ2v) is 8.16. The number of methoxy groups -OCH3 is 3. The molecule has 1 heterocycles. The minimum Gasteiger partial charge on any atom is -0.496 e. The highest BCUT2D eigenvalue weighted by Gasteiger charge is 2.41. The van der Waals surface area contributed by atoms with Crippen LogP contribution in [-0.4, -0.2) is 43.7 Å². The average molecular weight is 457 g/mol. The van der Waals surface area contributed by atoms with Gasteiger partial charge in [-0.2, -0.15) is 0 Å². The molecule has 2 aromatic carbocycles. The number of carbonyl (C=O) groups is 1. The molecule has 0 spiro atoms. The van der Waals surface area contributed by atoms with Gasteiger partial charge in [0.25, 0.3) is 0 Å². The van der Waals surface area contributed by atoms with Crippen molar-refractivity contribution in [3.8, 4) is 23.0 Å². The molecule has 1 saturated heterocycles. The molecule has 0 saturated carbocycles. The van der Waals surface area contributed by atoms with E-state index in [2.05, 4.69) is 4.74 Å². The maximum atomic E-state index is 12.9. The zero-order valence-electron chi connectivity index (χ0n) is 17.4. The van der Waals surface area contributed by atoms with Gasteiger partial charge in [-0.3, -0.25) is 4.79 Å². The molecule has 2 unspecified atom stereocenters. The Morgan fingerprint density at radius 2 is 1.55 bits per heavy atom. The van der Waals surface area contributed by atoms with Crippen molar-refractivity contribution in [1.29, 1.82) is 0 Å². The van der Waals surface area contributed by atoms with Crippen LogP contribution in [0.15, 0.2) is 36.4 Å². The first-order valence-corrected chi connectivity index (χ1v) is 10.2. The second kappa shape index (κ2) is 9.17. The molecule has 31 heavy (non-hydrogen) atoms. The van der Waals surface area contributed by atoms with Crippen LogP contribution < -0.4 is 18.9 Å². The number of hydrogen-bond acceptors (Lipinski definition) is 6. The summed E-state index contributed by atoms with van der Waals surface area (Å²) in [7, 11) is 4.57. The number of halogens is 3. The van der Waals surface area contributed by atoms with Crippen molar-refractivity contribution in [3.05, 3.63) is 47.5 Å². The molecule has 0 aliphatic carbocycles. The van der Waals surface area contributed by atoms with Crippen LogP contribution in [0.25, 0.3) is 0 Å². The van der Waals surface area contributed by atoms with Crippen LogP contribution in [0.1, 0.15) is 23.4 Å². The molecule has 1 aliphatic heterocycles. The Morgan fingerprint density at radius 3 is 2.03 bits per heavy atom. The SMILES string of the molecule is COc1cc(OC)c(C2SC(C)C(=O)N2Cc2ccc(OC(F)(F)F)cc2)c(OC)c1. The van der Waals surface area contributed by atoms with Gasteiger partial charge in [0.05, 0.1) is 32.1 Å². The van der Waals surface area contributed by atoms with Crippen LogP contribution >= 0.6 is 11.8 Å². The van der Waals surface area contributed by atoms with E-state index in [1.54, 1.807) is 17.0 Å². The van der Waals surface area contributed by atoms with Crippen molar-refractivity contribution in [2.45, 2.75) is 30.5 Å². The van der Waals surface area contributed by atoms with Crippen LogP contribution in [0.2, 0.25) is 0 Å². The van der Waals surface area contributed by atoms with Crippen LogP contribution in [0.3, 0.4) is 0 Å². The highest BCUT2D eigenvalue weighted by atomic mass is 32.2. The summed E-state index contributed by atoms with van der Waals surface area (Å²) in [6, 6.07) is 8.89. The number of rotatable bonds is 7. The van der Waals surface area contributed by atoms with Crippen LogP contribution in [0.4, 0.5) is 13.2 Å². The number of benzene rings is 2. The second-order valence-electron chi connectivity index (χ2n) is 6.73. The monoisotopic (exact) mass is 457 g/mol. The van der Waals surface area contributed by atoms with Gasteiger partial charge in [-0.05, 0) is 24.6 Å². The van der Waals surface area contributed by atoms with E-state index >= 15 is 0 Å². The van der Waals surface area contributed by atoms with Crippen molar-refractivity contribution in [1.82, 2.24) is 4.90 Å². The van der Waals surface area contributed by atoms with Gasteiger partial charge in [-0.1, -0.05) is 12.1 Å². The summed E-state index contributed by atoms with van der Waals surface area (Å²) < 4.78 is 57.4. The Balaban J connectivity index is 1.92. The molecular weight excluding hydrogens is 435 g/mol. The lowest BCUT2D eigenvalue weighted by Gasteiger charge is -2.27. The van der Waals surface area contributed by atoms with E-state index in [9.17, 15) is 18.0 Å². The van der Waals surface area contributed by atoms with Crippen LogP contribution in [0, 0.1) is 0 Å². The maximum absolute atomic E-state index is 12.9. The Morgan fingerprint density at radius 1 is 0.968 bits per heavy atom. The minimum atomic E-state index is -4.76. The van der Waals surface area contributed by atoms with E-state index in [4.69, 9.17) is 14.2 Å². The van der Waals surface area contributed by atoms with E-state index in [1.807, 2.05) is 6.92 Å². The largest absolute Gasteiger partial charge is 0.573 e. The highest BCUT2D eigenvalue weighted by molar-refractivity contribution is 8.01. The van der Waals surface area contributed by atoms with Gasteiger partial charge in [0.15, 0.2) is 0 Å². The van der Waals surface area contributed by atoms with Gasteiger partial charge in [-0.25, -0.2) is 0 Å². The van der Waals surface area contributed by atoms with E-state index in [0.29, 0.717) is 28.4 Å². The van der Waals surface area contributed by atoms with Crippen molar-refractivity contribution in [2.24, 2.45) is 0 Å². The number of thioether (sulfide) groups is 1. The lowest BCUT2D eigenvalue weighted by molar-refractivity contribution is -0.274. The normalized spacial score (nSPS) is 18.8. The standard InChI is InChI=1S/C21H22F3NO5S/c1-12-19(26)25(11-13-5-7-14(8-6-13)30-21(22,23)24)20(31-12)18-16(28-3)9-15(27-2)10-17(18)29-4/h5-10,12,20H,11H2,1-4H3. The highest BCUT2D eigenvalue weighted by Crippen LogP contribution is 2.51. The summed E-state index contributed by atoms with van der Waals surface area (Å²) in [5, 5.41) is -0.723. The number of amides is 1. The summed E-state index contributed by atoms with van der Waals surface area (Å²) in [4.78, 5) is 14.6. The summed E-state index contributed by atoms with van der Waals surface area (Å²) in [6.45, 7) is 2.01. The molecule has 0 bridgehead atoms. The Bertz CT molecular complexity index is 911. The Labute approximate surface area is 182 Å². The molecular formula is C21H22F3NO5S. The van der Waals surface area contributed by atoms with E-state index < -0.39 is 11.7 Å². The minimum absolute atomic E-state index is 0.0921. The van der Waals surface area contributed by atoms with Crippen molar-refractivity contribution in [3.63, 3.8) is 0 Å². The Hall–Kier alpha value is -2.75. The molecule has 2 atom stereocenters. The average Bonchev–Trinajstić information content (AvgIpc) is 3.00. The fourth-order valence-corrected chi connectivity index (χ4v) is 4.66. The van der Waals surface area contributed by atoms with Crippen molar-refractivity contribution in [2.75, 3.05) is 21.3 Å². The predicted octanol–water partition coefficient (Wildman–Crippen LogP) is 4.77. The fourth-order valence-electron chi connectivity index (χ4n) is 3.33. The van der Waals surface area contributed by atoms with E-state index in [1.165, 1.54) is 57.4 Å². The third-order valence-corrected chi connectivity index (χ3v) is 6.11. The molecule has 0 N–H and O–H groups in total. The zero-order valence-corrected chi connectivity index (χ0v) is 18.2. The smallest absolute Gasteiger partial charge is 0.496 e. The molecule has 2 aromatic rings. The van der Waals surface area contributed by atoms with Crippen molar-refractivity contribution >= 4 is 17.7 Å². The van der Waals surface area contributed by atoms with Gasteiger partial charge < -0.3 is 23.8 Å². The first kappa shape index (κ1) is 22.9. The molecule has 0 aromatic heterocycles. The number of nitrogens with zero attached hydrogens (tertiary/aromatic N) is 1. The van der Waals surface area contributed by atoms with Gasteiger partial charge in [0, 0.05) is 18.7 Å². The molecule has 1 amide bonds. The fraction of sp³-hybridized carbons (Fsp3) is 0.381. The quantitative estimate of drug-likeness (QED) is 0.597. The van der Waals surface area contributed by atoms with Gasteiger partial charge >= 0.3 is 6.36 Å². The topological polar surface area (TPSA) is 57.2 Å². The van der Waals surface area contributed by atoms with Gasteiger partial charge in [-0.15, -0.1) is 24.9 Å². The summed E-state index contributed by atoms with van der Waals surface area (Å²) >= 11 is 1.44. The molecule has 0 radical (unpaired) electrons. The zero-order chi connectivity index (χ0) is 22.8.